The summed E-state index contributed by atoms with van der Waals surface area (Å²) in [5.41, 5.74) is 1.24. The molecule has 2 aromatic rings. The molecule has 0 fully saturated rings. The molecular formula is C13H10N2O2. The quantitative estimate of drug-likeness (QED) is 0.816. The third kappa shape index (κ3) is 2.55. The summed E-state index contributed by atoms with van der Waals surface area (Å²) in [7, 11) is 0. The van der Waals surface area contributed by atoms with Gasteiger partial charge in [-0.2, -0.15) is 0 Å². The second kappa shape index (κ2) is 5.03. The number of amides is 1. The van der Waals surface area contributed by atoms with E-state index in [1.165, 1.54) is 0 Å². The van der Waals surface area contributed by atoms with Crippen molar-refractivity contribution in [1.82, 2.24) is 4.98 Å². The minimum absolute atomic E-state index is 0.313. The fourth-order valence-electron chi connectivity index (χ4n) is 1.40. The number of carbonyl (C=O) groups is 2. The first-order chi connectivity index (χ1) is 8.31. The van der Waals surface area contributed by atoms with E-state index in [0.29, 0.717) is 23.2 Å². The van der Waals surface area contributed by atoms with Crippen molar-refractivity contribution in [3.63, 3.8) is 0 Å². The molecule has 84 valence electrons. The number of hydrogen-bond donors (Lipinski definition) is 1. The third-order valence-electron chi connectivity index (χ3n) is 2.23. The molecule has 0 spiro atoms. The summed E-state index contributed by atoms with van der Waals surface area (Å²) in [4.78, 5) is 26.5. The van der Waals surface area contributed by atoms with E-state index in [2.05, 4.69) is 10.3 Å². The van der Waals surface area contributed by atoms with Gasteiger partial charge >= 0.3 is 0 Å². The summed E-state index contributed by atoms with van der Waals surface area (Å²) in [6, 6.07) is 11.9. The number of aromatic nitrogens is 1. The van der Waals surface area contributed by atoms with Gasteiger partial charge in [0.25, 0.3) is 5.91 Å². The van der Waals surface area contributed by atoms with Crippen LogP contribution in [0.1, 0.15) is 20.8 Å². The zero-order chi connectivity index (χ0) is 12.1. The minimum atomic E-state index is -0.333. The highest BCUT2D eigenvalue weighted by atomic mass is 16.2. The van der Waals surface area contributed by atoms with Gasteiger partial charge in [-0.05, 0) is 24.3 Å². The second-order valence-electron chi connectivity index (χ2n) is 3.37. The van der Waals surface area contributed by atoms with Gasteiger partial charge in [0, 0.05) is 11.8 Å². The van der Waals surface area contributed by atoms with Crippen LogP contribution in [0, 0.1) is 0 Å². The molecule has 0 saturated carbocycles. The van der Waals surface area contributed by atoms with Gasteiger partial charge in [0.1, 0.15) is 5.69 Å². The van der Waals surface area contributed by atoms with Crippen LogP contribution in [-0.4, -0.2) is 17.2 Å². The van der Waals surface area contributed by atoms with Crippen LogP contribution in [0.15, 0.2) is 48.7 Å². The summed E-state index contributed by atoms with van der Waals surface area (Å²) in [5, 5.41) is 2.65. The standard InChI is InChI=1S/C13H10N2O2/c16-9-10-5-1-2-6-11(10)15-13(17)12-7-3-4-8-14-12/h1-9H,(H,15,17). The lowest BCUT2D eigenvalue weighted by Crippen LogP contribution is -2.14. The number of para-hydroxylation sites is 1. The zero-order valence-electron chi connectivity index (χ0n) is 8.96. The number of aldehydes is 1. The Hall–Kier alpha value is -2.49. The molecular weight excluding hydrogens is 216 g/mol. The molecule has 1 aromatic carbocycles. The van der Waals surface area contributed by atoms with E-state index in [-0.39, 0.29) is 5.91 Å². The van der Waals surface area contributed by atoms with Crippen LogP contribution < -0.4 is 5.32 Å². The van der Waals surface area contributed by atoms with Crippen LogP contribution >= 0.6 is 0 Å². The number of hydrogen-bond acceptors (Lipinski definition) is 3. The third-order valence-corrected chi connectivity index (χ3v) is 2.23. The van der Waals surface area contributed by atoms with Crippen molar-refractivity contribution in [2.45, 2.75) is 0 Å². The largest absolute Gasteiger partial charge is 0.320 e. The van der Waals surface area contributed by atoms with Crippen molar-refractivity contribution in [3.8, 4) is 0 Å². The summed E-state index contributed by atoms with van der Waals surface area (Å²) >= 11 is 0. The lowest BCUT2D eigenvalue weighted by molar-refractivity contribution is 0.102. The van der Waals surface area contributed by atoms with Crippen molar-refractivity contribution in [2.24, 2.45) is 0 Å². The molecule has 0 bridgehead atoms. The monoisotopic (exact) mass is 226 g/mol. The summed E-state index contributed by atoms with van der Waals surface area (Å²) in [6.45, 7) is 0. The molecule has 1 N–H and O–H groups in total. The number of nitrogens with zero attached hydrogens (tertiary/aromatic N) is 1. The van der Waals surface area contributed by atoms with E-state index in [0.717, 1.165) is 0 Å². The molecule has 1 amide bonds. The van der Waals surface area contributed by atoms with E-state index in [1.54, 1.807) is 48.7 Å². The van der Waals surface area contributed by atoms with Crippen LogP contribution in [0.3, 0.4) is 0 Å². The second-order valence-corrected chi connectivity index (χ2v) is 3.37. The first-order valence-electron chi connectivity index (χ1n) is 5.08. The smallest absolute Gasteiger partial charge is 0.274 e. The van der Waals surface area contributed by atoms with Crippen molar-refractivity contribution >= 4 is 17.9 Å². The molecule has 4 heteroatoms. The SMILES string of the molecule is O=Cc1ccccc1NC(=O)c1ccccn1. The van der Waals surface area contributed by atoms with Crippen LogP contribution in [0.2, 0.25) is 0 Å². The molecule has 0 saturated heterocycles. The van der Waals surface area contributed by atoms with Crippen LogP contribution in [0.4, 0.5) is 5.69 Å². The van der Waals surface area contributed by atoms with Crippen LogP contribution in [0.25, 0.3) is 0 Å². The van der Waals surface area contributed by atoms with Crippen molar-refractivity contribution in [1.29, 1.82) is 0 Å². The van der Waals surface area contributed by atoms with Crippen molar-refractivity contribution in [2.75, 3.05) is 5.32 Å². The van der Waals surface area contributed by atoms with E-state index >= 15 is 0 Å². The predicted octanol–water partition coefficient (Wildman–Crippen LogP) is 2.15. The lowest BCUT2D eigenvalue weighted by atomic mass is 10.2. The minimum Gasteiger partial charge on any atom is -0.320 e. The number of anilines is 1. The molecule has 0 aliphatic carbocycles. The first-order valence-corrected chi connectivity index (χ1v) is 5.08. The molecule has 4 nitrogen and oxygen atoms in total. The molecule has 0 radical (unpaired) electrons. The lowest BCUT2D eigenvalue weighted by Gasteiger charge is -2.06. The normalized spacial score (nSPS) is 9.65. The number of carbonyl (C=O) groups excluding carboxylic acids is 2. The molecule has 0 aliphatic rings. The Kier molecular flexibility index (Phi) is 3.25. The topological polar surface area (TPSA) is 59.1 Å². The Bertz CT molecular complexity index is 538. The maximum atomic E-state index is 11.8. The highest BCUT2D eigenvalue weighted by molar-refractivity contribution is 6.05. The predicted molar refractivity (Wildman–Crippen MR) is 64.0 cm³/mol. The van der Waals surface area contributed by atoms with Gasteiger partial charge in [-0.15, -0.1) is 0 Å². The maximum Gasteiger partial charge on any atom is 0.274 e. The Morgan fingerprint density at radius 2 is 1.88 bits per heavy atom. The van der Waals surface area contributed by atoms with Gasteiger partial charge in [-0.25, -0.2) is 0 Å². The average Bonchev–Trinajstić information content (AvgIpc) is 2.40. The van der Waals surface area contributed by atoms with Gasteiger partial charge in [0.2, 0.25) is 0 Å². The fraction of sp³-hybridized carbons (Fsp3) is 0. The summed E-state index contributed by atoms with van der Waals surface area (Å²) in [6.07, 6.45) is 2.24. The highest BCUT2D eigenvalue weighted by Crippen LogP contribution is 2.13. The fourth-order valence-corrected chi connectivity index (χ4v) is 1.40. The Morgan fingerprint density at radius 3 is 2.59 bits per heavy atom. The van der Waals surface area contributed by atoms with E-state index in [9.17, 15) is 9.59 Å². The van der Waals surface area contributed by atoms with Crippen LogP contribution in [-0.2, 0) is 0 Å². The zero-order valence-corrected chi connectivity index (χ0v) is 8.96. The van der Waals surface area contributed by atoms with E-state index in [1.807, 2.05) is 0 Å². The maximum absolute atomic E-state index is 11.8. The van der Waals surface area contributed by atoms with Gasteiger partial charge < -0.3 is 5.32 Å². The van der Waals surface area contributed by atoms with E-state index < -0.39 is 0 Å². The Balaban J connectivity index is 2.22. The molecule has 2 rings (SSSR count). The molecule has 0 unspecified atom stereocenters. The summed E-state index contributed by atoms with van der Waals surface area (Å²) in [5.74, 6) is -0.333. The molecule has 0 atom stereocenters. The molecule has 17 heavy (non-hydrogen) atoms. The average molecular weight is 226 g/mol. The number of rotatable bonds is 3. The summed E-state index contributed by atoms with van der Waals surface area (Å²) < 4.78 is 0. The van der Waals surface area contributed by atoms with Crippen molar-refractivity contribution < 1.29 is 9.59 Å². The number of benzene rings is 1. The van der Waals surface area contributed by atoms with Crippen LogP contribution in [0.5, 0.6) is 0 Å². The number of pyridine rings is 1. The Labute approximate surface area is 98.3 Å². The van der Waals surface area contributed by atoms with Gasteiger partial charge in [-0.3, -0.25) is 14.6 Å². The van der Waals surface area contributed by atoms with Gasteiger partial charge in [0.05, 0.1) is 5.69 Å². The van der Waals surface area contributed by atoms with E-state index in [4.69, 9.17) is 0 Å². The number of nitrogens with one attached hydrogen (secondary N) is 1. The first kappa shape index (κ1) is 11.0. The molecule has 0 aliphatic heterocycles. The van der Waals surface area contributed by atoms with Crippen molar-refractivity contribution in [3.05, 3.63) is 59.9 Å². The van der Waals surface area contributed by atoms with Gasteiger partial charge in [0.15, 0.2) is 6.29 Å². The highest BCUT2D eigenvalue weighted by Gasteiger charge is 2.08. The Morgan fingerprint density at radius 1 is 1.12 bits per heavy atom. The van der Waals surface area contributed by atoms with Gasteiger partial charge in [-0.1, -0.05) is 18.2 Å². The molecule has 1 heterocycles. The molecule has 1 aromatic heterocycles.